The van der Waals surface area contributed by atoms with Crippen molar-refractivity contribution >= 4 is 56.7 Å². The maximum atomic E-state index is 12.5. The first-order valence-corrected chi connectivity index (χ1v) is 16.0. The molecule has 0 saturated carbocycles. The molecule has 2 atom stereocenters. The number of halogens is 2. The normalized spacial score (nSPS) is 15.1. The summed E-state index contributed by atoms with van der Waals surface area (Å²) >= 11 is 5.61. The van der Waals surface area contributed by atoms with Crippen molar-refractivity contribution in [2.24, 2.45) is 5.10 Å². The van der Waals surface area contributed by atoms with E-state index >= 15 is 0 Å². The molecule has 0 fully saturated rings. The fourth-order valence-corrected chi connectivity index (χ4v) is 5.56. The minimum atomic E-state index is -1.15. The van der Waals surface area contributed by atoms with E-state index in [2.05, 4.69) is 59.7 Å². The summed E-state index contributed by atoms with van der Waals surface area (Å²) in [4.78, 5) is 24.6. The van der Waals surface area contributed by atoms with Crippen molar-refractivity contribution in [2.45, 2.75) is 32.7 Å². The van der Waals surface area contributed by atoms with Gasteiger partial charge in [-0.2, -0.15) is 5.10 Å². The van der Waals surface area contributed by atoms with E-state index in [1.54, 1.807) is 44.5 Å². The molecule has 244 valence electrons. The van der Waals surface area contributed by atoms with E-state index in [0.717, 1.165) is 19.2 Å². The number of hydrogen-bond acceptors (Lipinski definition) is 10. The summed E-state index contributed by atoms with van der Waals surface area (Å²) in [6, 6.07) is 15.4. The van der Waals surface area contributed by atoms with E-state index in [4.69, 9.17) is 23.7 Å². The van der Waals surface area contributed by atoms with Crippen LogP contribution >= 0.6 is 38.5 Å². The van der Waals surface area contributed by atoms with Gasteiger partial charge in [0.25, 0.3) is 0 Å². The molecule has 1 aliphatic heterocycles. The molecular weight excluding hydrogens is 775 g/mol. The molecule has 0 aromatic heterocycles. The van der Waals surface area contributed by atoms with Gasteiger partial charge in [-0.3, -0.25) is 5.43 Å². The smallest absolute Gasteiger partial charge is 0.337 e. The van der Waals surface area contributed by atoms with Gasteiger partial charge in [-0.05, 0) is 89.5 Å². The van der Waals surface area contributed by atoms with Crippen LogP contribution in [0, 0.1) is 3.57 Å². The Bertz CT molecular complexity index is 1620. The monoisotopic (exact) mass is 808 g/mol. The van der Waals surface area contributed by atoms with Gasteiger partial charge in [0.15, 0.2) is 29.2 Å². The van der Waals surface area contributed by atoms with E-state index < -0.39 is 24.3 Å². The SMILES string of the molecule is CCOc1cc([C@@H]2NC(=O)NC(C)=C2C(=O)OC)ccc1OC[C@H](O)N/N=C\c1cc(I)c(OCc2ccc(Br)cc2)c(OC)c1. The van der Waals surface area contributed by atoms with Gasteiger partial charge in [0, 0.05) is 10.2 Å². The number of allylic oxidation sites excluding steroid dienone is 1. The fourth-order valence-electron chi connectivity index (χ4n) is 4.51. The molecule has 0 bridgehead atoms. The van der Waals surface area contributed by atoms with Crippen LogP contribution < -0.4 is 35.0 Å². The molecule has 4 rings (SSSR count). The van der Waals surface area contributed by atoms with Crippen LogP contribution in [0.5, 0.6) is 23.0 Å². The summed E-state index contributed by atoms with van der Waals surface area (Å²) in [6.07, 6.45) is 0.397. The third-order valence-corrected chi connectivity index (χ3v) is 7.99. The highest BCUT2D eigenvalue weighted by Gasteiger charge is 2.32. The van der Waals surface area contributed by atoms with Crippen molar-refractivity contribution in [3.8, 4) is 23.0 Å². The van der Waals surface area contributed by atoms with Gasteiger partial charge in [-0.25, -0.2) is 9.59 Å². The molecule has 14 heteroatoms. The quantitative estimate of drug-likeness (QED) is 0.0570. The number of nitrogens with zero attached hydrogens (tertiary/aromatic N) is 1. The van der Waals surface area contributed by atoms with E-state index in [1.807, 2.05) is 37.3 Å². The number of carbonyl (C=O) groups is 2. The lowest BCUT2D eigenvalue weighted by molar-refractivity contribution is -0.136. The van der Waals surface area contributed by atoms with E-state index in [-0.39, 0.29) is 12.2 Å². The average molecular weight is 809 g/mol. The zero-order valence-corrected chi connectivity index (χ0v) is 29.3. The van der Waals surface area contributed by atoms with Gasteiger partial charge in [0.05, 0.1) is 42.2 Å². The summed E-state index contributed by atoms with van der Waals surface area (Å²) in [5.41, 5.74) is 5.64. The van der Waals surface area contributed by atoms with Gasteiger partial charge in [-0.15, -0.1) is 0 Å². The number of hydrazone groups is 1. The number of benzene rings is 3. The molecule has 0 spiro atoms. The molecule has 3 aromatic rings. The topological polar surface area (TPSA) is 149 Å². The number of hydrogen-bond donors (Lipinski definition) is 4. The van der Waals surface area contributed by atoms with Crippen LogP contribution in [0.3, 0.4) is 0 Å². The van der Waals surface area contributed by atoms with Crippen LogP contribution in [0.15, 0.2) is 75.4 Å². The number of ether oxygens (including phenoxy) is 5. The lowest BCUT2D eigenvalue weighted by atomic mass is 9.95. The van der Waals surface area contributed by atoms with Crippen molar-refractivity contribution in [1.82, 2.24) is 16.1 Å². The summed E-state index contributed by atoms with van der Waals surface area (Å²) in [6.45, 7) is 4.00. The number of amides is 2. The van der Waals surface area contributed by atoms with Crippen molar-refractivity contribution in [2.75, 3.05) is 27.4 Å². The Balaban J connectivity index is 1.38. The van der Waals surface area contributed by atoms with Crippen LogP contribution in [0.4, 0.5) is 4.79 Å². The van der Waals surface area contributed by atoms with Gasteiger partial charge < -0.3 is 39.4 Å². The number of aliphatic hydroxyl groups is 1. The first-order valence-electron chi connectivity index (χ1n) is 14.1. The predicted molar refractivity (Wildman–Crippen MR) is 183 cm³/mol. The summed E-state index contributed by atoms with van der Waals surface area (Å²) in [7, 11) is 2.84. The van der Waals surface area contributed by atoms with E-state index in [9.17, 15) is 14.7 Å². The van der Waals surface area contributed by atoms with Crippen LogP contribution in [0.25, 0.3) is 0 Å². The number of carbonyl (C=O) groups excluding carboxylic acids is 2. The predicted octanol–water partition coefficient (Wildman–Crippen LogP) is 5.16. The highest BCUT2D eigenvalue weighted by Crippen LogP contribution is 2.36. The molecule has 0 aliphatic carbocycles. The minimum Gasteiger partial charge on any atom is -0.493 e. The first kappa shape index (κ1) is 34.8. The molecule has 2 amide bonds. The number of aliphatic hydroxyl groups excluding tert-OH is 1. The second-order valence-corrected chi connectivity index (χ2v) is 11.9. The zero-order chi connectivity index (χ0) is 33.2. The molecule has 3 aromatic carbocycles. The largest absolute Gasteiger partial charge is 0.493 e. The number of methoxy groups -OCH3 is 2. The molecule has 0 unspecified atom stereocenters. The molecular formula is C32H34BrIN4O8. The fraction of sp³-hybridized carbons (Fsp3) is 0.281. The second kappa shape index (κ2) is 16.5. The van der Waals surface area contributed by atoms with Crippen LogP contribution in [0.1, 0.15) is 36.6 Å². The van der Waals surface area contributed by atoms with Crippen molar-refractivity contribution < 1.29 is 38.4 Å². The second-order valence-electron chi connectivity index (χ2n) is 9.86. The van der Waals surface area contributed by atoms with Gasteiger partial charge in [-0.1, -0.05) is 34.1 Å². The molecule has 1 aliphatic rings. The molecule has 1 heterocycles. The van der Waals surface area contributed by atoms with E-state index in [0.29, 0.717) is 47.5 Å². The Morgan fingerprint density at radius 1 is 1.09 bits per heavy atom. The Morgan fingerprint density at radius 2 is 1.85 bits per heavy atom. The Hall–Kier alpha value is -4.02. The van der Waals surface area contributed by atoms with Crippen molar-refractivity contribution in [1.29, 1.82) is 0 Å². The van der Waals surface area contributed by atoms with Gasteiger partial charge in [0.1, 0.15) is 13.2 Å². The molecule has 46 heavy (non-hydrogen) atoms. The van der Waals surface area contributed by atoms with Gasteiger partial charge >= 0.3 is 12.0 Å². The lowest BCUT2D eigenvalue weighted by Crippen LogP contribution is -2.45. The standard InChI is InChI=1S/C32H34BrIN4O8/c1-5-44-25-14-21(29-28(31(40)43-4)18(2)36-32(41)37-29)8-11-24(25)45-17-27(39)38-35-15-20-12-23(34)30(26(13-20)42-3)46-16-19-6-9-22(33)10-7-19/h6-15,27,29,38-39H,5,16-17H2,1-4H3,(H2,36,37,41)/b35-15-/t27-,29-/m0/s1. The number of rotatable bonds is 14. The summed E-state index contributed by atoms with van der Waals surface area (Å²) in [5.74, 6) is 1.33. The average Bonchev–Trinajstić information content (AvgIpc) is 3.03. The van der Waals surface area contributed by atoms with Crippen LogP contribution in [0.2, 0.25) is 0 Å². The Kier molecular flexibility index (Phi) is 12.5. The third-order valence-electron chi connectivity index (χ3n) is 6.66. The van der Waals surface area contributed by atoms with E-state index in [1.165, 1.54) is 7.11 Å². The number of esters is 1. The maximum Gasteiger partial charge on any atom is 0.337 e. The maximum absolute atomic E-state index is 12.5. The highest BCUT2D eigenvalue weighted by molar-refractivity contribution is 14.1. The molecule has 12 nitrogen and oxygen atoms in total. The number of urea groups is 1. The summed E-state index contributed by atoms with van der Waals surface area (Å²) in [5, 5.41) is 20.0. The third kappa shape index (κ3) is 9.04. The minimum absolute atomic E-state index is 0.156. The first-order chi connectivity index (χ1) is 22.1. The van der Waals surface area contributed by atoms with Crippen LogP contribution in [-0.4, -0.2) is 57.0 Å². The van der Waals surface area contributed by atoms with Crippen LogP contribution in [-0.2, 0) is 16.1 Å². The summed E-state index contributed by atoms with van der Waals surface area (Å²) < 4.78 is 29.9. The zero-order valence-electron chi connectivity index (χ0n) is 25.6. The Labute approximate surface area is 288 Å². The molecule has 0 radical (unpaired) electrons. The highest BCUT2D eigenvalue weighted by atomic mass is 127. The number of nitrogens with one attached hydrogen (secondary N) is 3. The Morgan fingerprint density at radius 3 is 2.54 bits per heavy atom. The molecule has 0 saturated heterocycles. The van der Waals surface area contributed by atoms with Crippen molar-refractivity contribution in [3.63, 3.8) is 0 Å². The van der Waals surface area contributed by atoms with Gasteiger partial charge in [0.2, 0.25) is 0 Å². The lowest BCUT2D eigenvalue weighted by Gasteiger charge is -2.28. The van der Waals surface area contributed by atoms with Crippen molar-refractivity contribution in [3.05, 3.63) is 90.6 Å². The molecule has 4 N–H and O–H groups in total.